The molecule has 1 fully saturated rings. The van der Waals surface area contributed by atoms with E-state index in [1.165, 1.54) is 11.8 Å². The molecule has 2 aromatic rings. The molecule has 0 atom stereocenters. The van der Waals surface area contributed by atoms with Crippen LogP contribution >= 0.6 is 11.8 Å². The lowest BCUT2D eigenvalue weighted by Gasteiger charge is -2.35. The number of sulfonamides is 1. The summed E-state index contributed by atoms with van der Waals surface area (Å²) in [5.74, 6) is -0.00457. The molecule has 32 heavy (non-hydrogen) atoms. The lowest BCUT2D eigenvalue weighted by Crippen LogP contribution is -2.48. The van der Waals surface area contributed by atoms with Crippen molar-refractivity contribution in [3.05, 3.63) is 59.2 Å². The maximum absolute atomic E-state index is 13.1. The Kier molecular flexibility index (Phi) is 5.41. The van der Waals surface area contributed by atoms with Gasteiger partial charge in [0.05, 0.1) is 23.1 Å². The van der Waals surface area contributed by atoms with E-state index in [2.05, 4.69) is 15.4 Å². The Balaban J connectivity index is 1.22. The number of fused-ring (bicyclic) bond motifs is 3. The molecule has 0 bridgehead atoms. The highest BCUT2D eigenvalue weighted by Crippen LogP contribution is 2.42. The van der Waals surface area contributed by atoms with Crippen LogP contribution in [0.15, 0.2) is 51.8 Å². The summed E-state index contributed by atoms with van der Waals surface area (Å²) >= 11 is 1.30. The van der Waals surface area contributed by atoms with Crippen molar-refractivity contribution in [3.63, 3.8) is 0 Å². The predicted molar refractivity (Wildman–Crippen MR) is 123 cm³/mol. The summed E-state index contributed by atoms with van der Waals surface area (Å²) in [7, 11) is -3.40. The molecule has 5 rings (SSSR count). The first-order valence-corrected chi connectivity index (χ1v) is 12.8. The molecule has 0 unspecified atom stereocenters. The summed E-state index contributed by atoms with van der Waals surface area (Å²) < 4.78 is 27.5. The predicted octanol–water partition coefficient (Wildman–Crippen LogP) is 2.13. The summed E-state index contributed by atoms with van der Waals surface area (Å²) in [6.07, 6.45) is 0. The minimum Gasteiger partial charge on any atom is -0.336 e. The number of rotatable bonds is 3. The van der Waals surface area contributed by atoms with Crippen molar-refractivity contribution in [1.29, 1.82) is 5.26 Å². The number of nitriles is 1. The van der Waals surface area contributed by atoms with Gasteiger partial charge in [0.1, 0.15) is 0 Å². The second-order valence-electron chi connectivity index (χ2n) is 7.97. The van der Waals surface area contributed by atoms with Crippen LogP contribution in [-0.4, -0.2) is 67.8 Å². The molecule has 0 aromatic heterocycles. The van der Waals surface area contributed by atoms with Crippen LogP contribution in [0.25, 0.3) is 0 Å². The van der Waals surface area contributed by atoms with Crippen LogP contribution < -0.4 is 4.90 Å². The van der Waals surface area contributed by atoms with Crippen molar-refractivity contribution in [2.24, 2.45) is 4.40 Å². The molecular formula is C22H21N5O3S2. The number of piperazine rings is 1. The molecule has 0 radical (unpaired) electrons. The van der Waals surface area contributed by atoms with Gasteiger partial charge in [-0.3, -0.25) is 9.69 Å². The molecule has 0 spiro atoms. The fourth-order valence-electron chi connectivity index (χ4n) is 4.10. The average Bonchev–Trinajstić information content (AvgIpc) is 3.15. The fraction of sp³-hybridized carbons (Fsp3) is 0.318. The Bertz CT molecular complexity index is 1240. The normalized spacial score (nSPS) is 19.7. The van der Waals surface area contributed by atoms with Gasteiger partial charge in [0.15, 0.2) is 5.17 Å². The molecule has 10 heteroatoms. The zero-order chi connectivity index (χ0) is 22.3. The largest absolute Gasteiger partial charge is 0.336 e. The first-order chi connectivity index (χ1) is 15.4. The minimum absolute atomic E-state index is 0.00390. The maximum Gasteiger partial charge on any atom is 0.257 e. The third-order valence-electron chi connectivity index (χ3n) is 5.87. The van der Waals surface area contributed by atoms with Gasteiger partial charge in [0.2, 0.25) is 0 Å². The second kappa shape index (κ2) is 8.24. The molecule has 3 aliphatic rings. The van der Waals surface area contributed by atoms with E-state index >= 15 is 0 Å². The molecule has 8 nitrogen and oxygen atoms in total. The molecule has 0 N–H and O–H groups in total. The van der Waals surface area contributed by atoms with E-state index in [0.717, 1.165) is 35.8 Å². The Labute approximate surface area is 191 Å². The summed E-state index contributed by atoms with van der Waals surface area (Å²) in [5, 5.41) is 9.38. The Morgan fingerprint density at radius 3 is 2.53 bits per heavy atom. The molecule has 2 aromatic carbocycles. The number of hydrogen-bond donors (Lipinski definition) is 0. The van der Waals surface area contributed by atoms with Gasteiger partial charge in [0.25, 0.3) is 15.9 Å². The third kappa shape index (κ3) is 4.11. The zero-order valence-electron chi connectivity index (χ0n) is 17.3. The van der Waals surface area contributed by atoms with E-state index in [0.29, 0.717) is 35.9 Å². The molecular weight excluding hydrogens is 446 g/mol. The molecule has 3 aliphatic heterocycles. The average molecular weight is 468 g/mol. The number of nitrogens with zero attached hydrogens (tertiary/aromatic N) is 5. The van der Waals surface area contributed by atoms with Crippen LogP contribution in [0.2, 0.25) is 0 Å². The van der Waals surface area contributed by atoms with Crippen molar-refractivity contribution >= 4 is 38.5 Å². The number of amides is 1. The highest BCUT2D eigenvalue weighted by Gasteiger charge is 2.34. The number of carbonyl (C=O) groups is 1. The van der Waals surface area contributed by atoms with Crippen molar-refractivity contribution in [2.45, 2.75) is 11.4 Å². The lowest BCUT2D eigenvalue weighted by molar-refractivity contribution is 0.0628. The Hall–Kier alpha value is -2.87. The first-order valence-electron chi connectivity index (χ1n) is 10.3. The highest BCUT2D eigenvalue weighted by molar-refractivity contribution is 8.15. The van der Waals surface area contributed by atoms with Crippen LogP contribution in [0.5, 0.6) is 0 Å². The van der Waals surface area contributed by atoms with Crippen molar-refractivity contribution in [3.8, 4) is 6.07 Å². The van der Waals surface area contributed by atoms with Crippen LogP contribution in [0.3, 0.4) is 0 Å². The van der Waals surface area contributed by atoms with Gasteiger partial charge in [-0.1, -0.05) is 12.1 Å². The van der Waals surface area contributed by atoms with Crippen LogP contribution in [0.1, 0.15) is 21.5 Å². The van der Waals surface area contributed by atoms with Gasteiger partial charge in [-0.05, 0) is 47.7 Å². The van der Waals surface area contributed by atoms with E-state index in [4.69, 9.17) is 5.26 Å². The third-order valence-corrected chi connectivity index (χ3v) is 8.17. The van der Waals surface area contributed by atoms with Gasteiger partial charge >= 0.3 is 0 Å². The Morgan fingerprint density at radius 1 is 1.06 bits per heavy atom. The summed E-state index contributed by atoms with van der Waals surface area (Å²) in [4.78, 5) is 20.0. The molecule has 0 aliphatic carbocycles. The topological polar surface area (TPSA) is 97.1 Å². The van der Waals surface area contributed by atoms with E-state index in [9.17, 15) is 13.2 Å². The van der Waals surface area contributed by atoms with Crippen molar-refractivity contribution in [1.82, 2.24) is 9.80 Å². The second-order valence-corrected chi connectivity index (χ2v) is 10.7. The fourth-order valence-corrected chi connectivity index (χ4v) is 6.39. The summed E-state index contributed by atoms with van der Waals surface area (Å²) in [5.41, 5.74) is 3.33. The molecule has 1 amide bonds. The Morgan fingerprint density at radius 2 is 1.81 bits per heavy atom. The lowest BCUT2D eigenvalue weighted by atomic mass is 10.1. The van der Waals surface area contributed by atoms with Gasteiger partial charge in [-0.2, -0.15) is 5.26 Å². The number of benzene rings is 2. The zero-order valence-corrected chi connectivity index (χ0v) is 18.9. The standard InChI is InChI=1S/C22H21N5O3S2/c23-14-16-1-3-17(4-2-16)15-25-7-9-26(10-8-25)21(28)18-5-6-19-20(13-18)31-22-24-32(29,30)12-11-27(19)22/h1-6,13H,7-12,15H2. The number of thioether (sulfide) groups is 1. The van der Waals surface area contributed by atoms with Crippen LogP contribution in [0.4, 0.5) is 5.69 Å². The minimum atomic E-state index is -3.40. The molecule has 3 heterocycles. The van der Waals surface area contributed by atoms with E-state index in [1.807, 2.05) is 52.3 Å². The van der Waals surface area contributed by atoms with Crippen LogP contribution in [-0.2, 0) is 16.6 Å². The van der Waals surface area contributed by atoms with E-state index in [1.54, 1.807) is 0 Å². The number of hydrogen-bond acceptors (Lipinski definition) is 7. The molecule has 1 saturated heterocycles. The van der Waals surface area contributed by atoms with Gasteiger partial charge in [-0.25, -0.2) is 8.42 Å². The summed E-state index contributed by atoms with van der Waals surface area (Å²) in [6, 6.07) is 15.3. The monoisotopic (exact) mass is 467 g/mol. The molecule has 0 saturated carbocycles. The van der Waals surface area contributed by atoms with Gasteiger partial charge in [-0.15, -0.1) is 4.40 Å². The highest BCUT2D eigenvalue weighted by atomic mass is 32.2. The molecule has 164 valence electrons. The van der Waals surface area contributed by atoms with Crippen LogP contribution in [0, 0.1) is 11.3 Å². The van der Waals surface area contributed by atoms with Gasteiger partial charge < -0.3 is 9.80 Å². The van der Waals surface area contributed by atoms with E-state index < -0.39 is 10.0 Å². The smallest absolute Gasteiger partial charge is 0.257 e. The van der Waals surface area contributed by atoms with Gasteiger partial charge in [0, 0.05) is 49.7 Å². The quantitative estimate of drug-likeness (QED) is 0.682. The van der Waals surface area contributed by atoms with Crippen molar-refractivity contribution in [2.75, 3.05) is 43.4 Å². The number of carbonyl (C=O) groups excluding carboxylic acids is 1. The number of anilines is 1. The number of amidine groups is 1. The van der Waals surface area contributed by atoms with E-state index in [-0.39, 0.29) is 11.7 Å². The first kappa shape index (κ1) is 21.0. The van der Waals surface area contributed by atoms with Crippen molar-refractivity contribution < 1.29 is 13.2 Å². The maximum atomic E-state index is 13.1. The SMILES string of the molecule is N#Cc1ccc(CN2CCN(C(=O)c3ccc4c(c3)SC3=NS(=O)(=O)CCN34)CC2)cc1. The summed E-state index contributed by atoms with van der Waals surface area (Å²) in [6.45, 7) is 4.05.